The third kappa shape index (κ3) is 2.37. The number of esters is 1. The fourth-order valence-corrected chi connectivity index (χ4v) is 7.45. The minimum Gasteiger partial charge on any atom is -0.451 e. The highest BCUT2D eigenvalue weighted by Crippen LogP contribution is 2.68. The Morgan fingerprint density at radius 3 is 2.52 bits per heavy atom. The number of ether oxygens (including phenoxy) is 1. The van der Waals surface area contributed by atoms with Gasteiger partial charge in [0.05, 0.1) is 0 Å². The zero-order valence-corrected chi connectivity index (χ0v) is 17.3. The largest absolute Gasteiger partial charge is 0.451 e. The van der Waals surface area contributed by atoms with Crippen molar-refractivity contribution in [2.75, 3.05) is 0 Å². The highest BCUT2D eigenvalue weighted by molar-refractivity contribution is 5.93. The topological polar surface area (TPSA) is 60.4 Å². The Labute approximate surface area is 162 Å². The fourth-order valence-electron chi connectivity index (χ4n) is 7.45. The second-order valence-electron chi connectivity index (χ2n) is 10.2. The zero-order valence-electron chi connectivity index (χ0n) is 17.3. The molecule has 0 aliphatic heterocycles. The number of fused-ring (bicyclic) bond motifs is 5. The van der Waals surface area contributed by atoms with E-state index in [1.54, 1.807) is 0 Å². The first-order valence-corrected chi connectivity index (χ1v) is 10.5. The van der Waals surface area contributed by atoms with Gasteiger partial charge in [0.2, 0.25) is 0 Å². The van der Waals surface area contributed by atoms with Crippen LogP contribution in [0.15, 0.2) is 11.6 Å². The maximum Gasteiger partial charge on any atom is 0.303 e. The fraction of sp³-hybridized carbons (Fsp3) is 0.783. The third-order valence-electron chi connectivity index (χ3n) is 9.04. The van der Waals surface area contributed by atoms with Gasteiger partial charge in [-0.15, -0.1) is 0 Å². The lowest BCUT2D eigenvalue weighted by Crippen LogP contribution is -2.57. The summed E-state index contributed by atoms with van der Waals surface area (Å²) in [5.74, 6) is 1.59. The number of hydrogen-bond acceptors (Lipinski definition) is 4. The number of carbonyl (C=O) groups is 3. The van der Waals surface area contributed by atoms with Gasteiger partial charge in [-0.05, 0) is 67.8 Å². The van der Waals surface area contributed by atoms with Gasteiger partial charge in [-0.1, -0.05) is 26.3 Å². The first-order valence-electron chi connectivity index (χ1n) is 10.5. The second kappa shape index (κ2) is 5.78. The predicted octanol–water partition coefficient (Wildman–Crippen LogP) is 4.27. The Balaban J connectivity index is 1.73. The highest BCUT2D eigenvalue weighted by Gasteiger charge is 2.68. The Morgan fingerprint density at radius 1 is 1.15 bits per heavy atom. The minimum absolute atomic E-state index is 0.0705. The van der Waals surface area contributed by atoms with Gasteiger partial charge in [-0.25, -0.2) is 0 Å². The van der Waals surface area contributed by atoms with Crippen LogP contribution >= 0.6 is 0 Å². The van der Waals surface area contributed by atoms with Crippen LogP contribution in [0.5, 0.6) is 0 Å². The van der Waals surface area contributed by atoms with Crippen molar-refractivity contribution in [1.29, 1.82) is 0 Å². The van der Waals surface area contributed by atoms with E-state index in [0.29, 0.717) is 30.6 Å². The maximum atomic E-state index is 13.0. The monoisotopic (exact) mass is 372 g/mol. The van der Waals surface area contributed by atoms with Crippen LogP contribution in [0.2, 0.25) is 0 Å². The van der Waals surface area contributed by atoms with E-state index >= 15 is 0 Å². The number of Topliss-reactive ketones (excluding diaryl/α,β-unsaturated/α-hetero) is 1. The minimum atomic E-state index is -1.00. The standard InChI is InChI=1S/C23H32O4/c1-13-10-16-17(21(3)8-6-15(25)11-18(13)21)7-9-22(4)19(16)12-20(26)23(22,5)27-14(2)24/h11,13,16-17,19H,6-10,12H2,1-5H3/t13-,16+,17-,19-,21+,22-,23+/m0/s1. The molecule has 148 valence electrons. The van der Waals surface area contributed by atoms with Crippen molar-refractivity contribution < 1.29 is 19.1 Å². The van der Waals surface area contributed by atoms with Crippen LogP contribution in [0, 0.1) is 34.5 Å². The number of carbonyl (C=O) groups excluding carboxylic acids is 3. The molecule has 27 heavy (non-hydrogen) atoms. The summed E-state index contributed by atoms with van der Waals surface area (Å²) in [5.41, 5.74) is 0.118. The molecule has 3 fully saturated rings. The molecule has 4 aliphatic carbocycles. The summed E-state index contributed by atoms with van der Waals surface area (Å²) in [6.45, 7) is 10.0. The predicted molar refractivity (Wildman–Crippen MR) is 102 cm³/mol. The Bertz CT molecular complexity index is 751. The number of hydrogen-bond donors (Lipinski definition) is 0. The van der Waals surface area contributed by atoms with Crippen LogP contribution in [0.25, 0.3) is 0 Å². The van der Waals surface area contributed by atoms with Gasteiger partial charge in [-0.3, -0.25) is 14.4 Å². The molecule has 4 nitrogen and oxygen atoms in total. The lowest BCUT2D eigenvalue weighted by molar-refractivity contribution is -0.182. The number of rotatable bonds is 1. The van der Waals surface area contributed by atoms with Crippen molar-refractivity contribution in [2.24, 2.45) is 34.5 Å². The van der Waals surface area contributed by atoms with Gasteiger partial charge in [-0.2, -0.15) is 0 Å². The van der Waals surface area contributed by atoms with Crippen molar-refractivity contribution in [1.82, 2.24) is 0 Å². The molecule has 0 radical (unpaired) electrons. The van der Waals surface area contributed by atoms with E-state index in [0.717, 1.165) is 25.7 Å². The van der Waals surface area contributed by atoms with Crippen molar-refractivity contribution in [3.63, 3.8) is 0 Å². The van der Waals surface area contributed by atoms with Gasteiger partial charge >= 0.3 is 5.97 Å². The maximum absolute atomic E-state index is 13.0. The molecule has 7 atom stereocenters. The van der Waals surface area contributed by atoms with Gasteiger partial charge in [0, 0.05) is 25.2 Å². The molecule has 0 aromatic heterocycles. The van der Waals surface area contributed by atoms with Crippen molar-refractivity contribution >= 4 is 17.5 Å². The van der Waals surface area contributed by atoms with E-state index in [1.165, 1.54) is 12.5 Å². The summed E-state index contributed by atoms with van der Waals surface area (Å²) in [7, 11) is 0. The molecule has 0 heterocycles. The molecule has 4 rings (SSSR count). The first kappa shape index (κ1) is 18.9. The molecule has 3 saturated carbocycles. The van der Waals surface area contributed by atoms with Crippen molar-refractivity contribution in [3.8, 4) is 0 Å². The zero-order chi connectivity index (χ0) is 19.8. The van der Waals surface area contributed by atoms with E-state index < -0.39 is 5.60 Å². The summed E-state index contributed by atoms with van der Waals surface area (Å²) < 4.78 is 5.69. The molecular formula is C23H32O4. The molecule has 0 bridgehead atoms. The molecule has 0 aromatic carbocycles. The molecule has 0 unspecified atom stereocenters. The molecule has 0 aromatic rings. The van der Waals surface area contributed by atoms with E-state index in [2.05, 4.69) is 20.8 Å². The third-order valence-corrected chi connectivity index (χ3v) is 9.04. The summed E-state index contributed by atoms with van der Waals surface area (Å²) in [5, 5.41) is 0. The molecule has 0 spiro atoms. The summed E-state index contributed by atoms with van der Waals surface area (Å²) >= 11 is 0. The SMILES string of the molecule is CC(=O)O[C@]1(C)C(=O)C[C@H]2[C@@H]3C[C@H](C)C4=CC(=O)CC[C@]4(C)[C@H]3CC[C@@]21C. The molecule has 0 N–H and O–H groups in total. The molecular weight excluding hydrogens is 340 g/mol. The molecule has 0 amide bonds. The van der Waals surface area contributed by atoms with E-state index in [-0.39, 0.29) is 34.3 Å². The van der Waals surface area contributed by atoms with Crippen molar-refractivity contribution in [2.45, 2.75) is 78.7 Å². The van der Waals surface area contributed by atoms with Crippen LogP contribution in [-0.4, -0.2) is 23.1 Å². The van der Waals surface area contributed by atoms with Gasteiger partial charge in [0.25, 0.3) is 0 Å². The highest BCUT2D eigenvalue weighted by atomic mass is 16.6. The molecule has 4 aliphatic rings. The summed E-state index contributed by atoms with van der Waals surface area (Å²) in [6, 6.07) is 0. The van der Waals surface area contributed by atoms with E-state index in [1.807, 2.05) is 13.0 Å². The van der Waals surface area contributed by atoms with Gasteiger partial charge in [0.1, 0.15) is 0 Å². The Hall–Kier alpha value is -1.45. The van der Waals surface area contributed by atoms with Crippen LogP contribution in [-0.2, 0) is 19.1 Å². The average Bonchev–Trinajstić information content (AvgIpc) is 2.77. The Kier molecular flexibility index (Phi) is 4.04. The lowest BCUT2D eigenvalue weighted by Gasteiger charge is -2.60. The number of ketones is 2. The molecule has 0 saturated heterocycles. The normalized spacial score (nSPS) is 49.0. The van der Waals surface area contributed by atoms with Gasteiger partial charge < -0.3 is 4.74 Å². The van der Waals surface area contributed by atoms with Crippen LogP contribution in [0.4, 0.5) is 0 Å². The molecule has 4 heteroatoms. The Morgan fingerprint density at radius 2 is 1.85 bits per heavy atom. The van der Waals surface area contributed by atoms with E-state index in [9.17, 15) is 14.4 Å². The van der Waals surface area contributed by atoms with E-state index in [4.69, 9.17) is 4.74 Å². The summed E-state index contributed by atoms with van der Waals surface area (Å²) in [6.07, 6.45) is 6.99. The smallest absolute Gasteiger partial charge is 0.303 e. The lowest BCUT2D eigenvalue weighted by atomic mass is 9.45. The van der Waals surface area contributed by atoms with Crippen LogP contribution in [0.1, 0.15) is 73.1 Å². The average molecular weight is 373 g/mol. The number of allylic oxidation sites excluding steroid dienone is 1. The summed E-state index contributed by atoms with van der Waals surface area (Å²) in [4.78, 5) is 36.8. The van der Waals surface area contributed by atoms with Crippen LogP contribution in [0.3, 0.4) is 0 Å². The van der Waals surface area contributed by atoms with Crippen LogP contribution < -0.4 is 0 Å². The van der Waals surface area contributed by atoms with Gasteiger partial charge in [0.15, 0.2) is 17.2 Å². The quantitative estimate of drug-likeness (QED) is 0.645. The second-order valence-corrected chi connectivity index (χ2v) is 10.2. The van der Waals surface area contributed by atoms with Crippen molar-refractivity contribution in [3.05, 3.63) is 11.6 Å². The first-order chi connectivity index (χ1) is 12.5.